The molecule has 0 N–H and O–H groups in total. The van der Waals surface area contributed by atoms with Gasteiger partial charge in [0.15, 0.2) is 0 Å². The third-order valence-electron chi connectivity index (χ3n) is 5.72. The van der Waals surface area contributed by atoms with Gasteiger partial charge in [-0.15, -0.1) is 0 Å². The van der Waals surface area contributed by atoms with Crippen molar-refractivity contribution >= 4 is 22.6 Å². The van der Waals surface area contributed by atoms with Gasteiger partial charge < -0.3 is 4.74 Å². The normalized spacial score (nSPS) is 18.9. The maximum absolute atomic E-state index is 5.89. The van der Waals surface area contributed by atoms with Crippen LogP contribution in [0.4, 0.5) is 0 Å². The molecule has 0 heterocycles. The van der Waals surface area contributed by atoms with Crippen molar-refractivity contribution in [3.8, 4) is 22.3 Å². The molecule has 2 heteroatoms. The van der Waals surface area contributed by atoms with Crippen molar-refractivity contribution < 1.29 is 4.74 Å². The van der Waals surface area contributed by atoms with Crippen molar-refractivity contribution in [3.63, 3.8) is 0 Å². The molecular weight excluding hydrogens is 443 g/mol. The molecule has 0 spiro atoms. The molecule has 2 atom stereocenters. The van der Waals surface area contributed by atoms with Crippen molar-refractivity contribution in [2.45, 2.75) is 25.4 Å². The number of halogens is 1. The second-order valence-electron chi connectivity index (χ2n) is 7.29. The van der Waals surface area contributed by atoms with Gasteiger partial charge >= 0.3 is 0 Å². The fourth-order valence-corrected chi connectivity index (χ4v) is 5.07. The first-order valence-corrected chi connectivity index (χ1v) is 11.2. The van der Waals surface area contributed by atoms with Crippen molar-refractivity contribution in [1.29, 1.82) is 0 Å². The summed E-state index contributed by atoms with van der Waals surface area (Å²) in [4.78, 5) is 0. The number of ether oxygens (including phenoxy) is 1. The van der Waals surface area contributed by atoms with E-state index >= 15 is 0 Å². The molecule has 0 saturated carbocycles. The van der Waals surface area contributed by atoms with E-state index in [9.17, 15) is 0 Å². The molecule has 2 unspecified atom stereocenters. The Bertz CT molecular complexity index is 886. The van der Waals surface area contributed by atoms with E-state index < -0.39 is 0 Å². The molecule has 0 aromatic heterocycles. The highest BCUT2D eigenvalue weighted by molar-refractivity contribution is 14.1. The van der Waals surface area contributed by atoms with Crippen LogP contribution >= 0.6 is 22.6 Å². The Hall–Kier alpha value is -1.65. The Kier molecular flexibility index (Phi) is 5.94. The molecular formula is C25H25IO. The molecule has 138 valence electrons. The van der Waals surface area contributed by atoms with Crippen molar-refractivity contribution in [2.24, 2.45) is 5.92 Å². The average Bonchev–Trinajstić information content (AvgIpc) is 2.74. The van der Waals surface area contributed by atoms with E-state index in [1.54, 1.807) is 0 Å². The molecule has 0 amide bonds. The Morgan fingerprint density at radius 1 is 0.852 bits per heavy atom. The largest absolute Gasteiger partial charge is 0.376 e. The number of rotatable bonds is 5. The Balaban J connectivity index is 1.61. The Morgan fingerprint density at radius 3 is 2.15 bits per heavy atom. The van der Waals surface area contributed by atoms with Gasteiger partial charge in [0.1, 0.15) is 0 Å². The second-order valence-corrected chi connectivity index (χ2v) is 8.37. The van der Waals surface area contributed by atoms with E-state index in [1.807, 2.05) is 7.11 Å². The zero-order valence-electron chi connectivity index (χ0n) is 15.7. The monoisotopic (exact) mass is 468 g/mol. The predicted octanol–water partition coefficient (Wildman–Crippen LogP) is 7.10. The molecule has 0 fully saturated rings. The number of methoxy groups -OCH3 is 1. The number of alkyl halides is 1. The van der Waals surface area contributed by atoms with Gasteiger partial charge in [-0.1, -0.05) is 95.4 Å². The van der Waals surface area contributed by atoms with E-state index in [0.717, 1.165) is 6.42 Å². The summed E-state index contributed by atoms with van der Waals surface area (Å²) in [5.74, 6) is 0.649. The molecule has 4 rings (SSSR count). The molecule has 0 radical (unpaired) electrons. The van der Waals surface area contributed by atoms with E-state index in [-0.39, 0.29) is 6.10 Å². The molecule has 1 aliphatic carbocycles. The van der Waals surface area contributed by atoms with Crippen LogP contribution in [-0.4, -0.2) is 11.5 Å². The minimum atomic E-state index is 0.248. The molecule has 1 nitrogen and oxygen atoms in total. The van der Waals surface area contributed by atoms with Gasteiger partial charge in [0, 0.05) is 7.11 Å². The third kappa shape index (κ3) is 3.97. The van der Waals surface area contributed by atoms with E-state index in [2.05, 4.69) is 95.4 Å². The van der Waals surface area contributed by atoms with Gasteiger partial charge in [-0.05, 0) is 63.0 Å². The highest BCUT2D eigenvalue weighted by atomic mass is 127. The van der Waals surface area contributed by atoms with E-state index in [0.29, 0.717) is 5.92 Å². The minimum absolute atomic E-state index is 0.248. The topological polar surface area (TPSA) is 9.23 Å². The molecule has 1 aliphatic rings. The van der Waals surface area contributed by atoms with Crippen LogP contribution in [0.3, 0.4) is 0 Å². The summed E-state index contributed by atoms with van der Waals surface area (Å²) in [6.45, 7) is 0. The van der Waals surface area contributed by atoms with Crippen LogP contribution in [-0.2, 0) is 11.2 Å². The highest BCUT2D eigenvalue weighted by Crippen LogP contribution is 2.40. The number of hydrogen-bond donors (Lipinski definition) is 0. The van der Waals surface area contributed by atoms with Gasteiger partial charge in [0.05, 0.1) is 6.10 Å². The van der Waals surface area contributed by atoms with Gasteiger partial charge in [-0.3, -0.25) is 0 Å². The van der Waals surface area contributed by atoms with Gasteiger partial charge in [-0.25, -0.2) is 0 Å². The molecule has 0 saturated heterocycles. The van der Waals surface area contributed by atoms with Crippen molar-refractivity contribution in [2.75, 3.05) is 11.5 Å². The fraction of sp³-hybridized carbons (Fsp3) is 0.280. The van der Waals surface area contributed by atoms with E-state index in [4.69, 9.17) is 4.74 Å². The standard InChI is InChI=1S/C25H25IO/c1-27-25-21(15-16-26)11-12-23-17-22(13-14-24(23)25)20-9-7-19(8-10-20)18-5-3-2-4-6-18/h2-10,13-14,17,21,25H,11-12,15-16H2,1H3. The maximum atomic E-state index is 5.89. The van der Waals surface area contributed by atoms with E-state index in [1.165, 1.54) is 50.6 Å². The predicted molar refractivity (Wildman–Crippen MR) is 122 cm³/mol. The first-order chi connectivity index (χ1) is 13.3. The molecule has 0 aliphatic heterocycles. The van der Waals surface area contributed by atoms with Crippen LogP contribution in [0.2, 0.25) is 0 Å². The number of hydrogen-bond acceptors (Lipinski definition) is 1. The summed E-state index contributed by atoms with van der Waals surface area (Å²) in [7, 11) is 1.86. The van der Waals surface area contributed by atoms with Crippen LogP contribution < -0.4 is 0 Å². The van der Waals surface area contributed by atoms with Gasteiger partial charge in [-0.2, -0.15) is 0 Å². The van der Waals surface area contributed by atoms with Crippen LogP contribution in [0, 0.1) is 5.92 Å². The lowest BCUT2D eigenvalue weighted by Crippen LogP contribution is -2.22. The fourth-order valence-electron chi connectivity index (χ4n) is 4.27. The SMILES string of the molecule is COC1c2ccc(-c3ccc(-c4ccccc4)cc3)cc2CCC1CCI. The lowest BCUT2D eigenvalue weighted by molar-refractivity contribution is 0.0397. The first kappa shape index (κ1) is 18.7. The number of fused-ring (bicyclic) bond motifs is 1. The summed E-state index contributed by atoms with van der Waals surface area (Å²) >= 11 is 2.48. The van der Waals surface area contributed by atoms with Crippen molar-refractivity contribution in [1.82, 2.24) is 0 Å². The highest BCUT2D eigenvalue weighted by Gasteiger charge is 2.29. The summed E-state index contributed by atoms with van der Waals surface area (Å²) in [6, 6.07) is 26.4. The summed E-state index contributed by atoms with van der Waals surface area (Å²) in [5.41, 5.74) is 7.95. The zero-order valence-corrected chi connectivity index (χ0v) is 17.9. The molecule has 27 heavy (non-hydrogen) atoms. The summed E-state index contributed by atoms with van der Waals surface area (Å²) in [6.07, 6.45) is 3.87. The average molecular weight is 468 g/mol. The molecule has 0 bridgehead atoms. The third-order valence-corrected chi connectivity index (χ3v) is 6.34. The quantitative estimate of drug-likeness (QED) is 0.287. The first-order valence-electron chi connectivity index (χ1n) is 9.67. The Morgan fingerprint density at radius 2 is 1.48 bits per heavy atom. The number of aryl methyl sites for hydroxylation is 1. The second kappa shape index (κ2) is 8.57. The van der Waals surface area contributed by atoms with Crippen LogP contribution in [0.1, 0.15) is 30.1 Å². The zero-order chi connectivity index (χ0) is 18.6. The molecule has 3 aromatic carbocycles. The number of benzene rings is 3. The summed E-state index contributed by atoms with van der Waals surface area (Å²) in [5, 5.41) is 0. The van der Waals surface area contributed by atoms with Crippen LogP contribution in [0.15, 0.2) is 72.8 Å². The lowest BCUT2D eigenvalue weighted by atomic mass is 9.79. The maximum Gasteiger partial charge on any atom is 0.0852 e. The van der Waals surface area contributed by atoms with Crippen LogP contribution in [0.25, 0.3) is 22.3 Å². The summed E-state index contributed by atoms with van der Waals surface area (Å²) < 4.78 is 7.09. The smallest absolute Gasteiger partial charge is 0.0852 e. The minimum Gasteiger partial charge on any atom is -0.376 e. The Labute approximate surface area is 175 Å². The van der Waals surface area contributed by atoms with Gasteiger partial charge in [0.2, 0.25) is 0 Å². The molecule has 3 aromatic rings. The van der Waals surface area contributed by atoms with Gasteiger partial charge in [0.25, 0.3) is 0 Å². The van der Waals surface area contributed by atoms with Crippen LogP contribution in [0.5, 0.6) is 0 Å². The lowest BCUT2D eigenvalue weighted by Gasteiger charge is -2.32. The van der Waals surface area contributed by atoms with Crippen molar-refractivity contribution in [3.05, 3.63) is 83.9 Å².